The molecule has 146 valence electrons. The van der Waals surface area contributed by atoms with Gasteiger partial charge in [0, 0.05) is 18.6 Å². The van der Waals surface area contributed by atoms with Gasteiger partial charge in [0.15, 0.2) is 0 Å². The molecular weight excluding hydrogens is 383 g/mol. The van der Waals surface area contributed by atoms with Gasteiger partial charge in [0.2, 0.25) is 0 Å². The average molecular weight is 407 g/mol. The fraction of sp³-hybridized carbons (Fsp3) is 0.0741. The Labute approximate surface area is 178 Å². The van der Waals surface area contributed by atoms with E-state index in [1.165, 1.54) is 21.3 Å². The first-order valence-corrected chi connectivity index (χ1v) is 12.2. The van der Waals surface area contributed by atoms with Gasteiger partial charge in [-0.05, 0) is 54.6 Å². The Kier molecular flexibility index (Phi) is 4.94. The van der Waals surface area contributed by atoms with E-state index >= 15 is 0 Å². The zero-order valence-corrected chi connectivity index (χ0v) is 17.9. The van der Waals surface area contributed by atoms with Crippen molar-refractivity contribution >= 4 is 34.2 Å². The fourth-order valence-electron chi connectivity index (χ4n) is 4.27. The first-order chi connectivity index (χ1) is 14.8. The van der Waals surface area contributed by atoms with Crippen LogP contribution in [0.15, 0.2) is 115 Å². The van der Waals surface area contributed by atoms with Crippen LogP contribution in [0.4, 0.5) is 0 Å². The molecule has 0 amide bonds. The number of pyridine rings is 1. The largest absolute Gasteiger partial charge is 0.336 e. The maximum Gasteiger partial charge on any atom is 0.140 e. The fourth-order valence-corrected chi connectivity index (χ4v) is 8.42. The molecule has 0 atom stereocenters. The third-order valence-corrected chi connectivity index (χ3v) is 10.1. The van der Waals surface area contributed by atoms with Crippen LogP contribution in [0.2, 0.25) is 0 Å². The number of rotatable bonds is 5. The van der Waals surface area contributed by atoms with Crippen molar-refractivity contribution in [3.8, 4) is 0 Å². The van der Waals surface area contributed by atoms with Crippen molar-refractivity contribution in [3.63, 3.8) is 0 Å². The molecule has 2 heterocycles. The maximum atomic E-state index is 5.09. The lowest BCUT2D eigenvalue weighted by molar-refractivity contribution is 0.942. The molecule has 2 nitrogen and oxygen atoms in total. The first-order valence-electron chi connectivity index (χ1n) is 10.2. The summed E-state index contributed by atoms with van der Waals surface area (Å²) in [6, 6.07) is 39.5. The molecule has 30 heavy (non-hydrogen) atoms. The minimum absolute atomic E-state index is 0.895. The van der Waals surface area contributed by atoms with Gasteiger partial charge in [-0.3, -0.25) is 0 Å². The van der Waals surface area contributed by atoms with Crippen molar-refractivity contribution in [1.29, 1.82) is 0 Å². The number of nitrogens with zero attached hydrogens (tertiary/aromatic N) is 2. The Morgan fingerprint density at radius 3 is 1.63 bits per heavy atom. The topological polar surface area (TPSA) is 17.8 Å². The molecular formula is C27H24N2P+. The summed E-state index contributed by atoms with van der Waals surface area (Å²) in [5.41, 5.74) is 2.17. The van der Waals surface area contributed by atoms with Gasteiger partial charge in [-0.1, -0.05) is 54.6 Å². The predicted molar refractivity (Wildman–Crippen MR) is 130 cm³/mol. The first kappa shape index (κ1) is 18.8. The van der Waals surface area contributed by atoms with E-state index in [0.717, 1.165) is 17.5 Å². The molecule has 0 saturated carbocycles. The van der Waals surface area contributed by atoms with Crippen molar-refractivity contribution in [2.24, 2.45) is 7.05 Å². The summed E-state index contributed by atoms with van der Waals surface area (Å²) in [5.74, 6) is 0. The molecule has 0 spiro atoms. The molecule has 0 radical (unpaired) electrons. The van der Waals surface area contributed by atoms with E-state index in [1.54, 1.807) is 0 Å². The van der Waals surface area contributed by atoms with Crippen LogP contribution in [0, 0.1) is 0 Å². The van der Waals surface area contributed by atoms with Gasteiger partial charge < -0.3 is 4.57 Å². The van der Waals surface area contributed by atoms with E-state index in [9.17, 15) is 0 Å². The number of aryl methyl sites for hydroxylation is 1. The van der Waals surface area contributed by atoms with Crippen LogP contribution in [0.25, 0.3) is 11.0 Å². The van der Waals surface area contributed by atoms with Gasteiger partial charge in [-0.15, -0.1) is 0 Å². The van der Waals surface area contributed by atoms with E-state index in [0.29, 0.717) is 0 Å². The van der Waals surface area contributed by atoms with Crippen LogP contribution in [0.3, 0.4) is 0 Å². The molecule has 0 aliphatic carbocycles. The Balaban J connectivity index is 1.77. The van der Waals surface area contributed by atoms with Crippen molar-refractivity contribution in [2.45, 2.75) is 6.16 Å². The second kappa shape index (κ2) is 7.89. The molecule has 0 bridgehead atoms. The molecule has 0 unspecified atom stereocenters. The molecule has 3 heteroatoms. The van der Waals surface area contributed by atoms with Crippen molar-refractivity contribution in [1.82, 2.24) is 9.55 Å². The molecule has 0 aliphatic rings. The lowest BCUT2D eigenvalue weighted by atomic mass is 10.3. The smallest absolute Gasteiger partial charge is 0.140 e. The van der Waals surface area contributed by atoms with Crippen LogP contribution in [-0.2, 0) is 13.2 Å². The van der Waals surface area contributed by atoms with Gasteiger partial charge in [-0.25, -0.2) is 4.98 Å². The summed E-state index contributed by atoms with van der Waals surface area (Å²) in [4.78, 5) is 5.09. The molecule has 0 fully saturated rings. The third-order valence-electron chi connectivity index (χ3n) is 5.76. The average Bonchev–Trinajstić information content (AvgIpc) is 3.19. The lowest BCUT2D eigenvalue weighted by Gasteiger charge is -2.27. The molecule has 5 rings (SSSR count). The number of fused-ring (bicyclic) bond motifs is 1. The molecule has 3 aromatic carbocycles. The van der Waals surface area contributed by atoms with Crippen molar-refractivity contribution in [3.05, 3.63) is 121 Å². The maximum absolute atomic E-state index is 5.09. The highest BCUT2D eigenvalue weighted by Crippen LogP contribution is 2.57. The second-order valence-electron chi connectivity index (χ2n) is 7.62. The van der Waals surface area contributed by atoms with Crippen LogP contribution in [-0.4, -0.2) is 9.55 Å². The molecule has 0 aliphatic heterocycles. The molecule has 5 aromatic rings. The minimum Gasteiger partial charge on any atom is -0.336 e. The monoisotopic (exact) mass is 407 g/mol. The quantitative estimate of drug-likeness (QED) is 0.372. The summed E-state index contributed by atoms with van der Waals surface area (Å²) in [5, 5.41) is 5.34. The number of benzene rings is 3. The van der Waals surface area contributed by atoms with Gasteiger partial charge >= 0.3 is 0 Å². The Morgan fingerprint density at radius 1 is 0.633 bits per heavy atom. The van der Waals surface area contributed by atoms with Crippen LogP contribution >= 0.6 is 7.26 Å². The number of aromatic nitrogens is 2. The molecule has 0 saturated heterocycles. The second-order valence-corrected chi connectivity index (χ2v) is 11.1. The van der Waals surface area contributed by atoms with E-state index in [-0.39, 0.29) is 0 Å². The zero-order valence-electron chi connectivity index (χ0n) is 17.0. The lowest BCUT2D eigenvalue weighted by Crippen LogP contribution is -2.32. The van der Waals surface area contributed by atoms with Gasteiger partial charge in [-0.2, -0.15) is 0 Å². The van der Waals surface area contributed by atoms with E-state index in [4.69, 9.17) is 4.98 Å². The van der Waals surface area contributed by atoms with Gasteiger partial charge in [0.05, 0.1) is 5.69 Å². The highest BCUT2D eigenvalue weighted by atomic mass is 31.2. The number of hydrogen-bond acceptors (Lipinski definition) is 1. The predicted octanol–water partition coefficient (Wildman–Crippen LogP) is 5.07. The molecule has 0 N–H and O–H groups in total. The van der Waals surface area contributed by atoms with Crippen LogP contribution in [0.5, 0.6) is 0 Å². The zero-order chi connectivity index (χ0) is 20.4. The van der Waals surface area contributed by atoms with E-state index in [2.05, 4.69) is 127 Å². The van der Waals surface area contributed by atoms with Crippen molar-refractivity contribution in [2.75, 3.05) is 0 Å². The summed E-state index contributed by atoms with van der Waals surface area (Å²) in [6.07, 6.45) is 2.97. The highest BCUT2D eigenvalue weighted by molar-refractivity contribution is 7.95. The SMILES string of the molecule is Cn1ccc2ccc(C[P+](c3ccccc3)(c3ccccc3)c3ccccc3)nc21. The van der Waals surface area contributed by atoms with Gasteiger partial charge in [0.1, 0.15) is 35.0 Å². The highest BCUT2D eigenvalue weighted by Gasteiger charge is 2.45. The van der Waals surface area contributed by atoms with Crippen molar-refractivity contribution < 1.29 is 0 Å². The van der Waals surface area contributed by atoms with Gasteiger partial charge in [0.25, 0.3) is 0 Å². The summed E-state index contributed by atoms with van der Waals surface area (Å²) in [6.45, 7) is 0. The minimum atomic E-state index is -1.92. The Bertz CT molecular complexity index is 1170. The Morgan fingerprint density at radius 2 is 1.13 bits per heavy atom. The summed E-state index contributed by atoms with van der Waals surface area (Å²) >= 11 is 0. The summed E-state index contributed by atoms with van der Waals surface area (Å²) in [7, 11) is 0.141. The van der Waals surface area contributed by atoms with E-state index < -0.39 is 7.26 Å². The standard InChI is InChI=1S/C27H24N2P/c1-29-20-19-22-17-18-23(28-27(22)29)21-30(24-11-5-2-6-12-24,25-13-7-3-8-14-25)26-15-9-4-10-16-26/h2-20H,21H2,1H3/q+1. The number of hydrogen-bond donors (Lipinski definition) is 0. The normalized spacial score (nSPS) is 11.6. The van der Waals surface area contributed by atoms with Crippen LogP contribution < -0.4 is 15.9 Å². The van der Waals surface area contributed by atoms with Crippen LogP contribution in [0.1, 0.15) is 5.69 Å². The van der Waals surface area contributed by atoms with E-state index in [1.807, 2.05) is 0 Å². The Hall–Kier alpha value is -3.22. The summed E-state index contributed by atoms with van der Waals surface area (Å²) < 4.78 is 2.10. The molecule has 2 aromatic heterocycles. The third kappa shape index (κ3) is 3.24.